The first-order valence-electron chi connectivity index (χ1n) is 7.17. The fourth-order valence-corrected chi connectivity index (χ4v) is 2.71. The lowest BCUT2D eigenvalue weighted by molar-refractivity contribution is 0.623. The number of benzene rings is 2. The van der Waals surface area contributed by atoms with Crippen molar-refractivity contribution in [2.45, 2.75) is 12.8 Å². The highest BCUT2D eigenvalue weighted by Gasteiger charge is 2.15. The quantitative estimate of drug-likeness (QED) is 0.729. The van der Waals surface area contributed by atoms with Gasteiger partial charge in [-0.25, -0.2) is 8.78 Å². The van der Waals surface area contributed by atoms with Crippen LogP contribution in [0.3, 0.4) is 0 Å². The van der Waals surface area contributed by atoms with Crippen LogP contribution in [0.25, 0.3) is 0 Å². The van der Waals surface area contributed by atoms with E-state index in [1.54, 1.807) is 12.3 Å². The van der Waals surface area contributed by atoms with E-state index in [0.29, 0.717) is 16.9 Å². The van der Waals surface area contributed by atoms with Gasteiger partial charge in [0, 0.05) is 19.3 Å². The second-order valence-corrected chi connectivity index (χ2v) is 5.67. The SMILES string of the molecule is Fc1ccc(N=Cc2ccc(N3CCCC3)c(F)c2)cc1Cl. The molecule has 1 aliphatic rings. The van der Waals surface area contributed by atoms with E-state index in [0.717, 1.165) is 25.9 Å². The summed E-state index contributed by atoms with van der Waals surface area (Å²) in [5, 5.41) is 0.0187. The Hall–Kier alpha value is -1.94. The van der Waals surface area contributed by atoms with Gasteiger partial charge in [-0.05, 0) is 48.7 Å². The van der Waals surface area contributed by atoms with E-state index >= 15 is 0 Å². The summed E-state index contributed by atoms with van der Waals surface area (Å²) < 4.78 is 27.2. The summed E-state index contributed by atoms with van der Waals surface area (Å²) in [6.45, 7) is 1.80. The first-order chi connectivity index (χ1) is 10.6. The van der Waals surface area contributed by atoms with Gasteiger partial charge in [-0.1, -0.05) is 17.7 Å². The molecule has 114 valence electrons. The second kappa shape index (κ2) is 6.44. The number of halogens is 3. The van der Waals surface area contributed by atoms with Crippen LogP contribution in [0, 0.1) is 11.6 Å². The number of hydrogen-bond donors (Lipinski definition) is 0. The molecule has 0 aromatic heterocycles. The molecule has 3 rings (SSSR count). The van der Waals surface area contributed by atoms with Crippen molar-refractivity contribution in [1.82, 2.24) is 0 Å². The molecule has 0 spiro atoms. The summed E-state index contributed by atoms with van der Waals surface area (Å²) in [6.07, 6.45) is 3.75. The highest BCUT2D eigenvalue weighted by Crippen LogP contribution is 2.25. The highest BCUT2D eigenvalue weighted by atomic mass is 35.5. The van der Waals surface area contributed by atoms with Crippen molar-refractivity contribution < 1.29 is 8.78 Å². The van der Waals surface area contributed by atoms with Crippen LogP contribution in [-0.2, 0) is 0 Å². The lowest BCUT2D eigenvalue weighted by atomic mass is 10.2. The van der Waals surface area contributed by atoms with Crippen LogP contribution in [0.15, 0.2) is 41.4 Å². The number of aliphatic imine (C=N–C) groups is 1. The Morgan fingerprint density at radius 1 is 1.00 bits per heavy atom. The minimum absolute atomic E-state index is 0.0187. The van der Waals surface area contributed by atoms with Crippen LogP contribution in [0.4, 0.5) is 20.2 Å². The average Bonchev–Trinajstić information content (AvgIpc) is 3.02. The first-order valence-corrected chi connectivity index (χ1v) is 7.55. The molecule has 1 saturated heterocycles. The summed E-state index contributed by atoms with van der Waals surface area (Å²) >= 11 is 5.70. The average molecular weight is 321 g/mol. The Balaban J connectivity index is 1.78. The highest BCUT2D eigenvalue weighted by molar-refractivity contribution is 6.31. The molecular formula is C17H15ClF2N2. The van der Waals surface area contributed by atoms with Crippen LogP contribution in [0.1, 0.15) is 18.4 Å². The fourth-order valence-electron chi connectivity index (χ4n) is 2.53. The normalized spacial score (nSPS) is 15.0. The van der Waals surface area contributed by atoms with Gasteiger partial charge >= 0.3 is 0 Å². The molecule has 0 atom stereocenters. The molecule has 5 heteroatoms. The van der Waals surface area contributed by atoms with Crippen molar-refractivity contribution in [1.29, 1.82) is 0 Å². The van der Waals surface area contributed by atoms with Gasteiger partial charge < -0.3 is 4.90 Å². The molecule has 0 saturated carbocycles. The summed E-state index contributed by atoms with van der Waals surface area (Å²) in [4.78, 5) is 6.24. The van der Waals surface area contributed by atoms with Crippen molar-refractivity contribution in [3.63, 3.8) is 0 Å². The minimum Gasteiger partial charge on any atom is -0.369 e. The van der Waals surface area contributed by atoms with Crippen molar-refractivity contribution in [2.75, 3.05) is 18.0 Å². The van der Waals surface area contributed by atoms with Crippen molar-refractivity contribution >= 4 is 29.2 Å². The molecule has 2 aromatic rings. The van der Waals surface area contributed by atoms with E-state index in [4.69, 9.17) is 11.6 Å². The largest absolute Gasteiger partial charge is 0.369 e. The molecule has 0 unspecified atom stereocenters. The van der Waals surface area contributed by atoms with Crippen LogP contribution >= 0.6 is 11.6 Å². The zero-order chi connectivity index (χ0) is 15.5. The van der Waals surface area contributed by atoms with Crippen LogP contribution in [-0.4, -0.2) is 19.3 Å². The van der Waals surface area contributed by atoms with Gasteiger partial charge in [0.1, 0.15) is 11.6 Å². The summed E-state index contributed by atoms with van der Waals surface area (Å²) in [5.41, 5.74) is 1.82. The van der Waals surface area contributed by atoms with Gasteiger partial charge in [-0.2, -0.15) is 0 Å². The maximum atomic E-state index is 14.2. The third-order valence-corrected chi connectivity index (χ3v) is 3.97. The molecule has 0 N–H and O–H groups in total. The predicted octanol–water partition coefficient (Wildman–Crippen LogP) is 4.97. The monoisotopic (exact) mass is 320 g/mol. The lowest BCUT2D eigenvalue weighted by Crippen LogP contribution is -2.18. The smallest absolute Gasteiger partial charge is 0.147 e. The molecule has 1 heterocycles. The maximum Gasteiger partial charge on any atom is 0.147 e. The molecule has 22 heavy (non-hydrogen) atoms. The van der Waals surface area contributed by atoms with Crippen LogP contribution < -0.4 is 4.90 Å². The molecule has 1 aliphatic heterocycles. The molecule has 0 amide bonds. The first kappa shape index (κ1) is 15.0. The Labute approximate surface area is 133 Å². The fraction of sp³-hybridized carbons (Fsp3) is 0.235. The van der Waals surface area contributed by atoms with E-state index in [-0.39, 0.29) is 10.8 Å². The maximum absolute atomic E-state index is 14.2. The Morgan fingerprint density at radius 2 is 1.77 bits per heavy atom. The van der Waals surface area contributed by atoms with Gasteiger partial charge in [0.2, 0.25) is 0 Å². The van der Waals surface area contributed by atoms with Crippen LogP contribution in [0.2, 0.25) is 5.02 Å². The second-order valence-electron chi connectivity index (χ2n) is 5.26. The summed E-state index contributed by atoms with van der Waals surface area (Å²) in [6, 6.07) is 9.27. The third kappa shape index (κ3) is 3.28. The molecule has 0 bridgehead atoms. The third-order valence-electron chi connectivity index (χ3n) is 3.68. The summed E-state index contributed by atoms with van der Waals surface area (Å²) in [5.74, 6) is -0.732. The van der Waals surface area contributed by atoms with Gasteiger partial charge in [-0.15, -0.1) is 0 Å². The lowest BCUT2D eigenvalue weighted by Gasteiger charge is -2.18. The van der Waals surface area contributed by atoms with E-state index in [1.165, 1.54) is 24.3 Å². The van der Waals surface area contributed by atoms with E-state index in [2.05, 4.69) is 9.89 Å². The van der Waals surface area contributed by atoms with E-state index in [9.17, 15) is 8.78 Å². The number of anilines is 1. The van der Waals surface area contributed by atoms with Crippen molar-refractivity contribution in [2.24, 2.45) is 4.99 Å². The number of hydrogen-bond acceptors (Lipinski definition) is 2. The summed E-state index contributed by atoms with van der Waals surface area (Å²) in [7, 11) is 0. The topological polar surface area (TPSA) is 15.6 Å². The Bertz CT molecular complexity index is 710. The number of nitrogens with zero attached hydrogens (tertiary/aromatic N) is 2. The van der Waals surface area contributed by atoms with E-state index < -0.39 is 5.82 Å². The van der Waals surface area contributed by atoms with Crippen molar-refractivity contribution in [3.05, 3.63) is 58.6 Å². The van der Waals surface area contributed by atoms with Gasteiger partial charge in [0.05, 0.1) is 16.4 Å². The minimum atomic E-state index is -0.485. The Morgan fingerprint density at radius 3 is 2.45 bits per heavy atom. The Kier molecular flexibility index (Phi) is 4.39. The number of rotatable bonds is 3. The molecule has 0 aliphatic carbocycles. The molecule has 1 fully saturated rings. The molecular weight excluding hydrogens is 306 g/mol. The zero-order valence-corrected chi connectivity index (χ0v) is 12.7. The van der Waals surface area contributed by atoms with Gasteiger partial charge in [0.25, 0.3) is 0 Å². The molecule has 2 nitrogen and oxygen atoms in total. The molecule has 0 radical (unpaired) electrons. The predicted molar refractivity (Wildman–Crippen MR) is 86.5 cm³/mol. The van der Waals surface area contributed by atoms with Crippen molar-refractivity contribution in [3.8, 4) is 0 Å². The molecule has 2 aromatic carbocycles. The van der Waals surface area contributed by atoms with Gasteiger partial charge in [-0.3, -0.25) is 4.99 Å². The zero-order valence-electron chi connectivity index (χ0n) is 11.9. The van der Waals surface area contributed by atoms with Crippen LogP contribution in [0.5, 0.6) is 0 Å². The standard InChI is InChI=1S/C17H15ClF2N2/c18-14-10-13(4-5-15(14)19)21-11-12-3-6-17(16(20)9-12)22-7-1-2-8-22/h3-6,9-11H,1-2,7-8H2. The van der Waals surface area contributed by atoms with E-state index in [1.807, 2.05) is 6.07 Å². The van der Waals surface area contributed by atoms with Gasteiger partial charge in [0.15, 0.2) is 0 Å².